The van der Waals surface area contributed by atoms with E-state index in [1.165, 1.54) is 289 Å². The molecular weight excluding hydrogens is 1400 g/mol. The van der Waals surface area contributed by atoms with Crippen LogP contribution in [0.4, 0.5) is 0 Å². The van der Waals surface area contributed by atoms with Crippen LogP contribution in [0.3, 0.4) is 0 Å². The maximum Gasteiger partial charge on any atom is 0.472 e. The molecule has 0 aromatic rings. The van der Waals surface area contributed by atoms with Gasteiger partial charge in [-0.15, -0.1) is 0 Å². The van der Waals surface area contributed by atoms with Gasteiger partial charge in [0.2, 0.25) is 0 Å². The highest BCUT2D eigenvalue weighted by atomic mass is 31.2. The lowest BCUT2D eigenvalue weighted by atomic mass is 10.0. The van der Waals surface area contributed by atoms with E-state index in [1.807, 2.05) is 0 Å². The van der Waals surface area contributed by atoms with Crippen LogP contribution in [0.15, 0.2) is 0 Å². The highest BCUT2D eigenvalue weighted by Crippen LogP contribution is 2.45. The number of phosphoric ester groups is 2. The van der Waals surface area contributed by atoms with Gasteiger partial charge >= 0.3 is 39.5 Å². The van der Waals surface area contributed by atoms with Gasteiger partial charge in [0, 0.05) is 25.7 Å². The number of aliphatic hydroxyl groups is 1. The zero-order chi connectivity index (χ0) is 79.2. The number of hydrogen-bond donors (Lipinski definition) is 3. The van der Waals surface area contributed by atoms with E-state index in [9.17, 15) is 43.2 Å². The molecule has 19 heteroatoms. The molecule has 642 valence electrons. The molecule has 0 saturated carbocycles. The number of unbranched alkanes of at least 4 members (excludes halogenated alkanes) is 58. The fourth-order valence-electron chi connectivity index (χ4n) is 14.0. The normalized spacial score (nSPS) is 13.8. The predicted octanol–water partition coefficient (Wildman–Crippen LogP) is 27.4. The van der Waals surface area contributed by atoms with Crippen LogP contribution in [0, 0.1) is 11.8 Å². The SMILES string of the molecule is CCCCCCCCCCCCCCCCCCCCCCC(=O)OC[C@H](COP(=O)(O)OC[C@@H](O)COP(=O)(O)OC[C@@H](COC(=O)CCCCCCCCCC)OC(=O)CCCCCCCCCCCCCCCCCCC(C)C)OC(=O)CCCCCCCCCCCCCCCCCCCCC(C)C. The molecule has 0 aliphatic rings. The van der Waals surface area contributed by atoms with E-state index in [-0.39, 0.29) is 25.7 Å². The number of carbonyl (C=O) groups is 4. The van der Waals surface area contributed by atoms with E-state index < -0.39 is 97.5 Å². The van der Waals surface area contributed by atoms with Gasteiger partial charge in [0.15, 0.2) is 12.2 Å². The van der Waals surface area contributed by atoms with Crippen LogP contribution in [0.2, 0.25) is 0 Å². The number of rotatable bonds is 88. The fraction of sp³-hybridized carbons (Fsp3) is 0.955. The minimum atomic E-state index is -4.97. The lowest BCUT2D eigenvalue weighted by Crippen LogP contribution is -2.30. The molecule has 0 bridgehead atoms. The predicted molar refractivity (Wildman–Crippen MR) is 446 cm³/mol. The molecule has 0 spiro atoms. The maximum absolute atomic E-state index is 13.2. The number of hydrogen-bond acceptors (Lipinski definition) is 15. The van der Waals surface area contributed by atoms with Gasteiger partial charge in [-0.05, 0) is 37.5 Å². The molecule has 3 N–H and O–H groups in total. The van der Waals surface area contributed by atoms with Crippen LogP contribution >= 0.6 is 15.6 Å². The molecule has 17 nitrogen and oxygen atoms in total. The molecule has 0 fully saturated rings. The molecule has 0 heterocycles. The van der Waals surface area contributed by atoms with Gasteiger partial charge in [0.25, 0.3) is 0 Å². The zero-order valence-electron chi connectivity index (χ0n) is 71.2. The van der Waals surface area contributed by atoms with Crippen molar-refractivity contribution in [2.24, 2.45) is 11.8 Å². The first-order valence-electron chi connectivity index (χ1n) is 46.0. The largest absolute Gasteiger partial charge is 0.472 e. The number of esters is 4. The number of phosphoric acid groups is 2. The Bertz CT molecular complexity index is 2060. The zero-order valence-corrected chi connectivity index (χ0v) is 73.0. The Kier molecular flexibility index (Phi) is 78.8. The first-order chi connectivity index (χ1) is 52.4. The summed E-state index contributed by atoms with van der Waals surface area (Å²) in [5.74, 6) is -0.471. The van der Waals surface area contributed by atoms with E-state index >= 15 is 0 Å². The molecule has 2 unspecified atom stereocenters. The monoisotopic (exact) mass is 1580 g/mol. The molecule has 0 saturated heterocycles. The Balaban J connectivity index is 5.17. The molecule has 0 radical (unpaired) electrons. The van der Waals surface area contributed by atoms with Crippen LogP contribution in [0.25, 0.3) is 0 Å². The summed E-state index contributed by atoms with van der Waals surface area (Å²) in [6, 6.07) is 0. The summed E-state index contributed by atoms with van der Waals surface area (Å²) in [6.07, 6.45) is 73.8. The minimum Gasteiger partial charge on any atom is -0.462 e. The van der Waals surface area contributed by atoms with Crippen molar-refractivity contribution in [1.82, 2.24) is 0 Å². The molecule has 0 aromatic carbocycles. The van der Waals surface area contributed by atoms with Gasteiger partial charge < -0.3 is 33.8 Å². The van der Waals surface area contributed by atoms with Crippen LogP contribution in [0.5, 0.6) is 0 Å². The smallest absolute Gasteiger partial charge is 0.462 e. The number of ether oxygens (including phenoxy) is 4. The molecule has 0 aliphatic heterocycles. The van der Waals surface area contributed by atoms with Gasteiger partial charge in [0.05, 0.1) is 26.4 Å². The molecule has 0 aromatic heterocycles. The topological polar surface area (TPSA) is 237 Å². The third-order valence-corrected chi connectivity index (χ3v) is 22.9. The second-order valence-electron chi connectivity index (χ2n) is 32.9. The van der Waals surface area contributed by atoms with Gasteiger partial charge in [0.1, 0.15) is 19.3 Å². The minimum absolute atomic E-state index is 0.108. The van der Waals surface area contributed by atoms with Gasteiger partial charge in [-0.1, -0.05) is 427 Å². The van der Waals surface area contributed by atoms with Crippen molar-refractivity contribution in [3.05, 3.63) is 0 Å². The van der Waals surface area contributed by atoms with Crippen molar-refractivity contribution in [1.29, 1.82) is 0 Å². The van der Waals surface area contributed by atoms with Crippen LogP contribution in [-0.4, -0.2) is 96.7 Å². The van der Waals surface area contributed by atoms with E-state index in [1.54, 1.807) is 0 Å². The van der Waals surface area contributed by atoms with Crippen LogP contribution in [0.1, 0.15) is 478 Å². The van der Waals surface area contributed by atoms with E-state index in [4.69, 9.17) is 37.0 Å². The second kappa shape index (κ2) is 80.3. The summed E-state index contributed by atoms with van der Waals surface area (Å²) in [5.41, 5.74) is 0. The number of carbonyl (C=O) groups excluding carboxylic acids is 4. The van der Waals surface area contributed by atoms with Crippen molar-refractivity contribution in [3.8, 4) is 0 Å². The average Bonchev–Trinajstić information content (AvgIpc) is 0.872. The van der Waals surface area contributed by atoms with Gasteiger partial charge in [-0.2, -0.15) is 0 Å². The van der Waals surface area contributed by atoms with Crippen LogP contribution in [-0.2, 0) is 65.4 Å². The highest BCUT2D eigenvalue weighted by molar-refractivity contribution is 7.47. The number of aliphatic hydroxyl groups excluding tert-OH is 1. The van der Waals surface area contributed by atoms with Crippen molar-refractivity contribution >= 4 is 39.5 Å². The maximum atomic E-state index is 13.2. The third-order valence-electron chi connectivity index (χ3n) is 21.0. The van der Waals surface area contributed by atoms with Crippen molar-refractivity contribution in [2.45, 2.75) is 496 Å². The summed E-state index contributed by atoms with van der Waals surface area (Å²) in [4.78, 5) is 73.2. The third kappa shape index (κ3) is 82.1. The summed E-state index contributed by atoms with van der Waals surface area (Å²) in [7, 11) is -9.93. The molecular formula is C89H174O17P2. The fourth-order valence-corrected chi connectivity index (χ4v) is 15.5. The molecule has 5 atom stereocenters. The second-order valence-corrected chi connectivity index (χ2v) is 35.8. The van der Waals surface area contributed by atoms with E-state index in [2.05, 4.69) is 41.5 Å². The highest BCUT2D eigenvalue weighted by Gasteiger charge is 2.31. The summed E-state index contributed by atoms with van der Waals surface area (Å²) in [6.45, 7) is 9.73. The lowest BCUT2D eigenvalue weighted by molar-refractivity contribution is -0.161. The lowest BCUT2D eigenvalue weighted by Gasteiger charge is -2.21. The van der Waals surface area contributed by atoms with Crippen molar-refractivity contribution < 1.29 is 80.2 Å². The Morgan fingerprint density at radius 1 is 0.250 bits per heavy atom. The first-order valence-corrected chi connectivity index (χ1v) is 49.0. The van der Waals surface area contributed by atoms with Gasteiger partial charge in [-0.3, -0.25) is 37.3 Å². The molecule has 0 amide bonds. The van der Waals surface area contributed by atoms with Crippen molar-refractivity contribution in [3.63, 3.8) is 0 Å². The quantitative estimate of drug-likeness (QED) is 0.0222. The Hall–Kier alpha value is -1.94. The standard InChI is InChI=1S/C89H174O17P2/c1-7-9-11-13-15-17-18-19-20-21-22-23-27-33-38-43-48-54-60-66-72-87(92)100-78-85(106-89(94)74-67-61-55-49-44-39-34-28-25-24-26-31-36-41-46-51-57-63-69-81(3)4)80-104-108(97,98)102-76-83(90)75-101-107(95,96)103-79-84(77-99-86(91)71-65-59-53-16-14-12-10-8-2)105-88(93)73-68-62-56-50-45-40-35-30-29-32-37-42-47-52-58-64-70-82(5)6/h81-85,90H,7-80H2,1-6H3,(H,95,96)(H,97,98)/t83-,84+,85+/m0/s1. The van der Waals surface area contributed by atoms with E-state index in [0.29, 0.717) is 25.7 Å². The van der Waals surface area contributed by atoms with Crippen LogP contribution < -0.4 is 0 Å². The summed E-state index contributed by atoms with van der Waals surface area (Å²) >= 11 is 0. The Morgan fingerprint density at radius 3 is 0.630 bits per heavy atom. The first kappa shape index (κ1) is 106. The summed E-state index contributed by atoms with van der Waals surface area (Å²) in [5, 5.41) is 10.7. The summed E-state index contributed by atoms with van der Waals surface area (Å²) < 4.78 is 68.9. The average molecular weight is 1580 g/mol. The molecule has 0 aliphatic carbocycles. The Labute approximate surface area is 664 Å². The molecule has 0 rings (SSSR count). The molecule has 108 heavy (non-hydrogen) atoms. The van der Waals surface area contributed by atoms with Crippen molar-refractivity contribution in [2.75, 3.05) is 39.6 Å². The Morgan fingerprint density at radius 2 is 0.426 bits per heavy atom. The van der Waals surface area contributed by atoms with Gasteiger partial charge in [-0.25, -0.2) is 9.13 Å². The van der Waals surface area contributed by atoms with E-state index in [0.717, 1.165) is 108 Å².